The Morgan fingerprint density at radius 3 is 2.96 bits per heavy atom. The van der Waals surface area contributed by atoms with Gasteiger partial charge >= 0.3 is 0 Å². The zero-order valence-electron chi connectivity index (χ0n) is 14.3. The summed E-state index contributed by atoms with van der Waals surface area (Å²) >= 11 is 0. The lowest BCUT2D eigenvalue weighted by atomic mass is 9.53. The van der Waals surface area contributed by atoms with Crippen LogP contribution in [0.15, 0.2) is 28.4 Å². The smallest absolute Gasteiger partial charge is 0.243 e. The fourth-order valence-electron chi connectivity index (χ4n) is 5.82. The minimum Gasteiger partial charge on any atom is -0.504 e. The van der Waals surface area contributed by atoms with Crippen molar-refractivity contribution in [2.75, 3.05) is 13.6 Å². The highest BCUT2D eigenvalue weighted by Gasteiger charge is 2.64. The number of rotatable bonds is 2. The molecule has 1 fully saturated rings. The molecule has 2 bridgehead atoms. The van der Waals surface area contributed by atoms with E-state index in [-0.39, 0.29) is 28.9 Å². The number of carbonyl (C=O) groups excluding carboxylic acids is 1. The molecule has 3 heterocycles. The first-order valence-corrected chi connectivity index (χ1v) is 9.09. The van der Waals surface area contributed by atoms with Crippen molar-refractivity contribution in [3.05, 3.63) is 34.9 Å². The molecule has 5 atom stereocenters. The maximum Gasteiger partial charge on any atom is 0.243 e. The first-order chi connectivity index (χ1) is 12.5. The molecule has 7 nitrogen and oxygen atoms in total. The monoisotopic (exact) mass is 353 g/mol. The zero-order chi connectivity index (χ0) is 17.8. The summed E-state index contributed by atoms with van der Waals surface area (Å²) in [5.41, 5.74) is 1.99. The third-order valence-corrected chi connectivity index (χ3v) is 7.01. The minimum atomic E-state index is -0.722. The van der Waals surface area contributed by atoms with E-state index in [9.17, 15) is 15.0 Å². The van der Waals surface area contributed by atoms with E-state index < -0.39 is 18.4 Å². The van der Waals surface area contributed by atoms with Crippen LogP contribution < -0.4 is 4.74 Å². The van der Waals surface area contributed by atoms with Crippen LogP contribution in [0.4, 0.5) is 0 Å². The van der Waals surface area contributed by atoms with Crippen LogP contribution in [0.2, 0.25) is 0 Å². The Balaban J connectivity index is 1.65. The SMILES string of the molecule is CN1CC[C@]23c4c5c(C(=O)C6N=N6)cc(O)c4O[C@H]2[C@@H](O)C=C[C@H]3[C@H]1C5. The molecule has 1 aromatic carbocycles. The van der Waals surface area contributed by atoms with E-state index in [1.807, 2.05) is 6.08 Å². The minimum absolute atomic E-state index is 0.0279. The number of nitrogens with zero attached hydrogens (tertiary/aromatic N) is 3. The number of phenolic OH excluding ortho intramolecular Hbond substituents is 1. The molecular formula is C19H19N3O4. The summed E-state index contributed by atoms with van der Waals surface area (Å²) in [6, 6.07) is 1.74. The number of carbonyl (C=O) groups is 1. The van der Waals surface area contributed by atoms with Crippen molar-refractivity contribution in [3.8, 4) is 11.5 Å². The Hall–Kier alpha value is -2.25. The number of benzene rings is 1. The van der Waals surface area contributed by atoms with Gasteiger partial charge in [0, 0.05) is 28.5 Å². The van der Waals surface area contributed by atoms with E-state index in [0.717, 1.165) is 30.5 Å². The van der Waals surface area contributed by atoms with E-state index >= 15 is 0 Å². The zero-order valence-corrected chi connectivity index (χ0v) is 14.3. The van der Waals surface area contributed by atoms with Crippen LogP contribution in [0.3, 0.4) is 0 Å². The molecule has 0 saturated carbocycles. The van der Waals surface area contributed by atoms with Gasteiger partial charge in [0.25, 0.3) is 0 Å². The van der Waals surface area contributed by atoms with Gasteiger partial charge in [-0.15, -0.1) is 0 Å². The first kappa shape index (κ1) is 14.9. The van der Waals surface area contributed by atoms with Gasteiger partial charge in [-0.2, -0.15) is 10.2 Å². The molecule has 0 radical (unpaired) electrons. The van der Waals surface area contributed by atoms with E-state index in [2.05, 4.69) is 28.3 Å². The van der Waals surface area contributed by atoms with Crippen molar-refractivity contribution in [1.82, 2.24) is 4.90 Å². The third-order valence-electron chi connectivity index (χ3n) is 7.01. The number of likely N-dealkylation sites (tertiary alicyclic amines) is 1. The highest BCUT2D eigenvalue weighted by atomic mass is 16.5. The van der Waals surface area contributed by atoms with Crippen molar-refractivity contribution in [2.45, 2.75) is 42.7 Å². The molecule has 26 heavy (non-hydrogen) atoms. The molecular weight excluding hydrogens is 334 g/mol. The molecule has 134 valence electrons. The number of aliphatic hydroxyl groups is 1. The van der Waals surface area contributed by atoms with Gasteiger partial charge in [-0.25, -0.2) is 0 Å². The molecule has 2 N–H and O–H groups in total. The van der Waals surface area contributed by atoms with Gasteiger partial charge in [0.1, 0.15) is 12.2 Å². The fraction of sp³-hybridized carbons (Fsp3) is 0.526. The molecule has 1 saturated heterocycles. The Morgan fingerprint density at radius 2 is 2.19 bits per heavy atom. The predicted octanol–water partition coefficient (Wildman–Crippen LogP) is 1.17. The summed E-state index contributed by atoms with van der Waals surface area (Å²) < 4.78 is 6.14. The average molecular weight is 353 g/mol. The molecule has 1 aromatic rings. The molecule has 1 spiro atoms. The molecule has 5 aliphatic rings. The number of likely N-dealkylation sites (N-methyl/N-ethyl adjacent to an activating group) is 1. The molecule has 7 heteroatoms. The van der Waals surface area contributed by atoms with Gasteiger partial charge in [0.2, 0.25) is 11.9 Å². The Bertz CT molecular complexity index is 920. The Kier molecular flexibility index (Phi) is 2.59. The second-order valence-corrected chi connectivity index (χ2v) is 8.08. The maximum absolute atomic E-state index is 12.8. The molecule has 0 unspecified atom stereocenters. The van der Waals surface area contributed by atoms with Crippen LogP contribution in [-0.2, 0) is 11.8 Å². The quantitative estimate of drug-likeness (QED) is 0.615. The summed E-state index contributed by atoms with van der Waals surface area (Å²) in [6.07, 6.45) is 3.70. The van der Waals surface area contributed by atoms with Crippen LogP contribution in [-0.4, -0.2) is 58.9 Å². The van der Waals surface area contributed by atoms with Crippen LogP contribution >= 0.6 is 0 Å². The number of phenols is 1. The number of aliphatic hydroxyl groups excluding tert-OH is 1. The number of piperidine rings is 1. The molecule has 0 amide bonds. The van der Waals surface area contributed by atoms with Gasteiger partial charge in [0.15, 0.2) is 11.5 Å². The van der Waals surface area contributed by atoms with Crippen LogP contribution in [0, 0.1) is 5.92 Å². The average Bonchev–Trinajstić information content (AvgIpc) is 3.41. The molecule has 2 aliphatic carbocycles. The van der Waals surface area contributed by atoms with Crippen LogP contribution in [0.1, 0.15) is 27.9 Å². The highest BCUT2D eigenvalue weighted by molar-refractivity contribution is 6.03. The summed E-state index contributed by atoms with van der Waals surface area (Å²) in [7, 11) is 2.11. The number of hydrogen-bond donors (Lipinski definition) is 2. The van der Waals surface area contributed by atoms with Crippen molar-refractivity contribution < 1.29 is 19.7 Å². The van der Waals surface area contributed by atoms with Crippen LogP contribution in [0.5, 0.6) is 11.5 Å². The molecule has 6 rings (SSSR count). The lowest BCUT2D eigenvalue weighted by Crippen LogP contribution is -2.64. The predicted molar refractivity (Wildman–Crippen MR) is 90.6 cm³/mol. The summed E-state index contributed by atoms with van der Waals surface area (Å²) in [5.74, 6) is 0.453. The summed E-state index contributed by atoms with van der Waals surface area (Å²) in [4.78, 5) is 15.1. The molecule has 0 aromatic heterocycles. The van der Waals surface area contributed by atoms with E-state index in [0.29, 0.717) is 11.3 Å². The number of Topliss-reactive ketones (excluding diaryl/α,β-unsaturated/α-hetero) is 1. The topological polar surface area (TPSA) is 94.7 Å². The maximum atomic E-state index is 12.8. The van der Waals surface area contributed by atoms with Gasteiger partial charge in [-0.1, -0.05) is 12.2 Å². The van der Waals surface area contributed by atoms with Crippen molar-refractivity contribution in [2.24, 2.45) is 16.1 Å². The van der Waals surface area contributed by atoms with E-state index in [4.69, 9.17) is 4.74 Å². The number of ether oxygens (including phenoxy) is 1. The fourth-order valence-corrected chi connectivity index (χ4v) is 5.82. The number of ketones is 1. The van der Waals surface area contributed by atoms with Crippen LogP contribution in [0.25, 0.3) is 0 Å². The van der Waals surface area contributed by atoms with E-state index in [1.54, 1.807) is 0 Å². The second kappa shape index (κ2) is 4.53. The van der Waals surface area contributed by atoms with Crippen molar-refractivity contribution in [1.29, 1.82) is 0 Å². The molecule has 3 aliphatic heterocycles. The number of aromatic hydroxyl groups is 1. The Morgan fingerprint density at radius 1 is 1.38 bits per heavy atom. The van der Waals surface area contributed by atoms with Gasteiger partial charge in [-0.3, -0.25) is 4.79 Å². The largest absolute Gasteiger partial charge is 0.504 e. The number of hydrogen-bond acceptors (Lipinski definition) is 7. The van der Waals surface area contributed by atoms with Gasteiger partial charge in [0.05, 0.1) is 0 Å². The lowest BCUT2D eigenvalue weighted by Gasteiger charge is -2.56. The van der Waals surface area contributed by atoms with Gasteiger partial charge in [-0.05, 0) is 38.1 Å². The van der Waals surface area contributed by atoms with Crippen molar-refractivity contribution >= 4 is 5.78 Å². The summed E-state index contributed by atoms with van der Waals surface area (Å²) in [6.45, 7) is 0.896. The van der Waals surface area contributed by atoms with Crippen molar-refractivity contribution in [3.63, 3.8) is 0 Å². The second-order valence-electron chi connectivity index (χ2n) is 8.08. The highest BCUT2D eigenvalue weighted by Crippen LogP contribution is 2.63. The Labute approximate surface area is 150 Å². The van der Waals surface area contributed by atoms with Gasteiger partial charge < -0.3 is 19.8 Å². The van der Waals surface area contributed by atoms with E-state index in [1.165, 1.54) is 6.07 Å². The first-order valence-electron chi connectivity index (χ1n) is 9.09. The lowest BCUT2D eigenvalue weighted by molar-refractivity contribution is -0.0453. The standard InChI is InChI=1S/C19H19N3O4/c1-22-5-4-19-10-2-3-12(23)17(19)26-16-13(24)7-9(15(25)18-20-21-18)8(14(16)19)6-11(10)22/h2-3,7,10-12,17-18,23-24H,4-6H2,1H3/t10-,11+,12-,17-,19-/m0/s1. The summed E-state index contributed by atoms with van der Waals surface area (Å²) in [5, 5.41) is 28.8. The normalized spacial score (nSPS) is 38.8. The third kappa shape index (κ3) is 1.55.